The van der Waals surface area contributed by atoms with Gasteiger partial charge in [0.25, 0.3) is 0 Å². The first-order valence-corrected chi connectivity index (χ1v) is 6.14. The maximum atomic E-state index is 13.4. The summed E-state index contributed by atoms with van der Waals surface area (Å²) in [5.41, 5.74) is 9.68. The topological polar surface area (TPSA) is 26.0 Å². The summed E-state index contributed by atoms with van der Waals surface area (Å²) in [6, 6.07) is 10.1. The zero-order valence-corrected chi connectivity index (χ0v) is 11.1. The van der Waals surface area contributed by atoms with Crippen LogP contribution in [0.15, 0.2) is 36.4 Å². The van der Waals surface area contributed by atoms with Crippen LogP contribution in [0, 0.1) is 19.7 Å². The van der Waals surface area contributed by atoms with Crippen molar-refractivity contribution in [3.05, 3.63) is 69.5 Å². The largest absolute Gasteiger partial charge is 0.320 e. The van der Waals surface area contributed by atoms with Gasteiger partial charge in [-0.3, -0.25) is 0 Å². The van der Waals surface area contributed by atoms with Crippen LogP contribution in [0.4, 0.5) is 4.39 Å². The number of rotatable bonds is 2. The van der Waals surface area contributed by atoms with E-state index in [2.05, 4.69) is 0 Å². The van der Waals surface area contributed by atoms with Gasteiger partial charge in [0, 0.05) is 5.02 Å². The smallest absolute Gasteiger partial charge is 0.123 e. The van der Waals surface area contributed by atoms with Gasteiger partial charge in [-0.1, -0.05) is 29.8 Å². The van der Waals surface area contributed by atoms with Crippen molar-refractivity contribution in [3.63, 3.8) is 0 Å². The summed E-state index contributed by atoms with van der Waals surface area (Å²) < 4.78 is 13.4. The third-order valence-electron chi connectivity index (χ3n) is 3.07. The van der Waals surface area contributed by atoms with Gasteiger partial charge >= 0.3 is 0 Å². The van der Waals surface area contributed by atoms with Crippen molar-refractivity contribution in [1.29, 1.82) is 0 Å². The standard InChI is InChI=1S/C15H15ClFN/c1-9-6-11(8-12(17)7-9)15(18)13-4-3-5-14(16)10(13)2/h3-8,15H,18H2,1-2H3. The lowest BCUT2D eigenvalue weighted by Crippen LogP contribution is -2.14. The Bertz CT molecular complexity index is 560. The fourth-order valence-electron chi connectivity index (χ4n) is 2.08. The molecule has 0 aliphatic rings. The number of benzene rings is 2. The maximum Gasteiger partial charge on any atom is 0.123 e. The van der Waals surface area contributed by atoms with Gasteiger partial charge in [-0.05, 0) is 54.3 Å². The Kier molecular flexibility index (Phi) is 3.69. The monoisotopic (exact) mass is 263 g/mol. The fraction of sp³-hybridized carbons (Fsp3) is 0.200. The number of aryl methyl sites for hydroxylation is 1. The van der Waals surface area contributed by atoms with Crippen molar-refractivity contribution in [1.82, 2.24) is 0 Å². The van der Waals surface area contributed by atoms with E-state index < -0.39 is 0 Å². The van der Waals surface area contributed by atoms with Gasteiger partial charge in [0.2, 0.25) is 0 Å². The quantitative estimate of drug-likeness (QED) is 0.866. The van der Waals surface area contributed by atoms with Gasteiger partial charge in [0.15, 0.2) is 0 Å². The summed E-state index contributed by atoms with van der Waals surface area (Å²) in [4.78, 5) is 0. The van der Waals surface area contributed by atoms with Gasteiger partial charge in [-0.2, -0.15) is 0 Å². The molecular formula is C15H15ClFN. The molecule has 0 spiro atoms. The Hall–Kier alpha value is -1.38. The van der Waals surface area contributed by atoms with Gasteiger partial charge in [-0.25, -0.2) is 4.39 Å². The number of halogens is 2. The Morgan fingerprint density at radius 2 is 1.89 bits per heavy atom. The highest BCUT2D eigenvalue weighted by atomic mass is 35.5. The van der Waals surface area contributed by atoms with E-state index in [0.717, 1.165) is 22.3 Å². The minimum Gasteiger partial charge on any atom is -0.320 e. The van der Waals surface area contributed by atoms with Crippen LogP contribution in [-0.4, -0.2) is 0 Å². The molecule has 0 saturated heterocycles. The van der Waals surface area contributed by atoms with E-state index in [1.165, 1.54) is 12.1 Å². The molecule has 0 aliphatic heterocycles. The first-order chi connectivity index (χ1) is 8.49. The Balaban J connectivity index is 2.47. The molecule has 0 fully saturated rings. The van der Waals surface area contributed by atoms with E-state index in [9.17, 15) is 4.39 Å². The van der Waals surface area contributed by atoms with Crippen molar-refractivity contribution in [2.45, 2.75) is 19.9 Å². The molecule has 0 bridgehead atoms. The molecule has 2 aromatic rings. The van der Waals surface area contributed by atoms with Gasteiger partial charge in [0.1, 0.15) is 5.82 Å². The summed E-state index contributed by atoms with van der Waals surface area (Å²) in [5, 5.41) is 0.677. The summed E-state index contributed by atoms with van der Waals surface area (Å²) in [7, 11) is 0. The zero-order valence-electron chi connectivity index (χ0n) is 10.4. The molecule has 0 aliphatic carbocycles. The van der Waals surface area contributed by atoms with Crippen LogP contribution in [0.2, 0.25) is 5.02 Å². The van der Waals surface area contributed by atoms with Crippen LogP contribution in [0.5, 0.6) is 0 Å². The van der Waals surface area contributed by atoms with Gasteiger partial charge in [0.05, 0.1) is 6.04 Å². The fourth-order valence-corrected chi connectivity index (χ4v) is 2.27. The van der Waals surface area contributed by atoms with Crippen molar-refractivity contribution in [2.24, 2.45) is 5.73 Å². The molecule has 0 heterocycles. The molecule has 2 aromatic carbocycles. The van der Waals surface area contributed by atoms with Crippen LogP contribution in [0.3, 0.4) is 0 Å². The molecule has 0 radical (unpaired) electrons. The van der Waals surface area contributed by atoms with Crippen molar-refractivity contribution < 1.29 is 4.39 Å². The van der Waals surface area contributed by atoms with Crippen LogP contribution in [-0.2, 0) is 0 Å². The average molecular weight is 264 g/mol. The molecular weight excluding hydrogens is 249 g/mol. The second-order valence-corrected chi connectivity index (χ2v) is 4.90. The Labute approximate surface area is 111 Å². The van der Waals surface area contributed by atoms with E-state index in [4.69, 9.17) is 17.3 Å². The first kappa shape index (κ1) is 13.1. The van der Waals surface area contributed by atoms with E-state index in [-0.39, 0.29) is 11.9 Å². The lowest BCUT2D eigenvalue weighted by atomic mass is 9.95. The second kappa shape index (κ2) is 5.09. The summed E-state index contributed by atoms with van der Waals surface area (Å²) >= 11 is 6.08. The lowest BCUT2D eigenvalue weighted by molar-refractivity contribution is 0.622. The SMILES string of the molecule is Cc1cc(F)cc(C(N)c2cccc(Cl)c2C)c1. The van der Waals surface area contributed by atoms with Crippen LogP contribution in [0.1, 0.15) is 28.3 Å². The van der Waals surface area contributed by atoms with E-state index >= 15 is 0 Å². The molecule has 1 nitrogen and oxygen atoms in total. The number of hydrogen-bond acceptors (Lipinski definition) is 1. The predicted molar refractivity (Wildman–Crippen MR) is 73.4 cm³/mol. The minimum absolute atomic E-state index is 0.264. The van der Waals surface area contributed by atoms with Crippen molar-refractivity contribution >= 4 is 11.6 Å². The van der Waals surface area contributed by atoms with Crippen molar-refractivity contribution in [2.75, 3.05) is 0 Å². The average Bonchev–Trinajstić information content (AvgIpc) is 2.30. The van der Waals surface area contributed by atoms with Gasteiger partial charge < -0.3 is 5.73 Å². The number of nitrogens with two attached hydrogens (primary N) is 1. The highest BCUT2D eigenvalue weighted by Gasteiger charge is 2.14. The summed E-state index contributed by atoms with van der Waals surface area (Å²) in [6.07, 6.45) is 0. The molecule has 94 valence electrons. The second-order valence-electron chi connectivity index (χ2n) is 4.49. The third-order valence-corrected chi connectivity index (χ3v) is 3.48. The highest BCUT2D eigenvalue weighted by Crippen LogP contribution is 2.27. The third kappa shape index (κ3) is 2.55. The molecule has 0 saturated carbocycles. The van der Waals surface area contributed by atoms with E-state index in [0.29, 0.717) is 5.02 Å². The number of hydrogen-bond donors (Lipinski definition) is 1. The molecule has 3 heteroatoms. The minimum atomic E-state index is -0.363. The van der Waals surface area contributed by atoms with Crippen LogP contribution in [0.25, 0.3) is 0 Å². The molecule has 0 amide bonds. The zero-order chi connectivity index (χ0) is 13.3. The molecule has 2 N–H and O–H groups in total. The van der Waals surface area contributed by atoms with Crippen molar-refractivity contribution in [3.8, 4) is 0 Å². The molecule has 2 rings (SSSR count). The molecule has 18 heavy (non-hydrogen) atoms. The predicted octanol–water partition coefficient (Wildman–Crippen LogP) is 4.14. The Morgan fingerprint density at radius 3 is 2.56 bits per heavy atom. The lowest BCUT2D eigenvalue weighted by Gasteiger charge is -2.16. The van der Waals surface area contributed by atoms with Crippen LogP contribution >= 0.6 is 11.6 Å². The van der Waals surface area contributed by atoms with Gasteiger partial charge in [-0.15, -0.1) is 0 Å². The van der Waals surface area contributed by atoms with Crippen LogP contribution < -0.4 is 5.73 Å². The summed E-state index contributed by atoms with van der Waals surface area (Å²) in [6.45, 7) is 3.77. The molecule has 0 aromatic heterocycles. The Morgan fingerprint density at radius 1 is 1.17 bits per heavy atom. The van der Waals surface area contributed by atoms with E-state index in [1.54, 1.807) is 0 Å². The maximum absolute atomic E-state index is 13.4. The van der Waals surface area contributed by atoms with E-state index in [1.807, 2.05) is 38.1 Å². The normalized spacial score (nSPS) is 12.5. The molecule has 1 unspecified atom stereocenters. The highest BCUT2D eigenvalue weighted by molar-refractivity contribution is 6.31. The summed E-state index contributed by atoms with van der Waals surface area (Å²) in [5.74, 6) is -0.264. The molecule has 1 atom stereocenters. The first-order valence-electron chi connectivity index (χ1n) is 5.76.